The summed E-state index contributed by atoms with van der Waals surface area (Å²) in [5, 5.41) is 26.9. The van der Waals surface area contributed by atoms with Crippen molar-refractivity contribution in [3.8, 4) is 0 Å². The first-order chi connectivity index (χ1) is 14.9. The minimum atomic E-state index is -1.02. The van der Waals surface area contributed by atoms with Crippen molar-refractivity contribution in [2.45, 2.75) is 64.2 Å². The van der Waals surface area contributed by atoms with E-state index in [4.69, 9.17) is 0 Å². The maximum Gasteiger partial charge on any atom is 0.118 e. The Balaban J connectivity index is 1.54. The molecule has 6 heteroatoms. The van der Waals surface area contributed by atoms with Crippen LogP contribution < -0.4 is 0 Å². The Kier molecular flexibility index (Phi) is 5.95. The number of rotatable bonds is 7. The molecular weight excluding hydrogens is 393 g/mol. The van der Waals surface area contributed by atoms with E-state index in [-0.39, 0.29) is 12.2 Å². The Morgan fingerprint density at radius 2 is 2.23 bits per heavy atom. The molecule has 0 amide bonds. The summed E-state index contributed by atoms with van der Waals surface area (Å²) in [7, 11) is 0. The first-order valence-electron chi connectivity index (χ1n) is 11.0. The number of allylic oxidation sites excluding steroid dienone is 4. The summed E-state index contributed by atoms with van der Waals surface area (Å²) in [6, 6.07) is 5.45. The smallest absolute Gasteiger partial charge is 0.118 e. The molecule has 2 aromatic heterocycles. The van der Waals surface area contributed by atoms with Crippen LogP contribution in [0.3, 0.4) is 0 Å². The second-order valence-corrected chi connectivity index (χ2v) is 8.82. The van der Waals surface area contributed by atoms with Gasteiger partial charge >= 0.3 is 0 Å². The molecule has 1 fully saturated rings. The first kappa shape index (κ1) is 21.7. The van der Waals surface area contributed by atoms with Gasteiger partial charge in [0.2, 0.25) is 0 Å². The van der Waals surface area contributed by atoms with Crippen LogP contribution in [0, 0.1) is 5.41 Å². The molecule has 3 atom stereocenters. The third-order valence-corrected chi connectivity index (χ3v) is 6.87. The lowest BCUT2D eigenvalue weighted by Crippen LogP contribution is -2.46. The van der Waals surface area contributed by atoms with Crippen molar-refractivity contribution in [1.29, 1.82) is 0 Å². The molecule has 3 unspecified atom stereocenters. The average molecular weight is 424 g/mol. The molecule has 0 bridgehead atoms. The Bertz CT molecular complexity index is 1030. The number of aromatic nitrogens is 3. The van der Waals surface area contributed by atoms with Gasteiger partial charge in [0, 0.05) is 18.0 Å². The zero-order valence-electron chi connectivity index (χ0n) is 18.1. The third kappa shape index (κ3) is 4.02. The second-order valence-electron chi connectivity index (χ2n) is 8.82. The van der Waals surface area contributed by atoms with Crippen LogP contribution in [0.25, 0.3) is 6.08 Å². The van der Waals surface area contributed by atoms with E-state index < -0.39 is 17.1 Å². The molecular formula is C25H30FN3O2. The summed E-state index contributed by atoms with van der Waals surface area (Å²) in [6.45, 7) is 4.48. The molecule has 1 saturated carbocycles. The SMILES string of the molecule is CCC=C(F)C=CCn1ncc2c1C=C1CCC(O)(CC(O)c3ccccn3)C1(C)C2. The number of fused-ring (bicyclic) bond motifs is 2. The minimum Gasteiger partial charge on any atom is -0.389 e. The highest BCUT2D eigenvalue weighted by molar-refractivity contribution is 5.61. The molecule has 0 saturated heterocycles. The third-order valence-electron chi connectivity index (χ3n) is 6.87. The lowest BCUT2D eigenvalue weighted by molar-refractivity contribution is -0.0747. The number of halogens is 1. The fraction of sp³-hybridized carbons (Fsp3) is 0.440. The topological polar surface area (TPSA) is 71.2 Å². The fourth-order valence-corrected chi connectivity index (χ4v) is 4.98. The van der Waals surface area contributed by atoms with Crippen molar-refractivity contribution >= 4 is 6.08 Å². The van der Waals surface area contributed by atoms with Gasteiger partial charge in [0.15, 0.2) is 0 Å². The maximum absolute atomic E-state index is 13.6. The Hall–Kier alpha value is -2.57. The van der Waals surface area contributed by atoms with Crippen LogP contribution in [0.2, 0.25) is 0 Å². The van der Waals surface area contributed by atoms with Crippen LogP contribution in [0.15, 0.2) is 60.2 Å². The van der Waals surface area contributed by atoms with Gasteiger partial charge < -0.3 is 10.2 Å². The van der Waals surface area contributed by atoms with Crippen molar-refractivity contribution in [2.75, 3.05) is 0 Å². The van der Waals surface area contributed by atoms with Crippen LogP contribution in [0.4, 0.5) is 4.39 Å². The van der Waals surface area contributed by atoms with Crippen molar-refractivity contribution in [1.82, 2.24) is 14.8 Å². The van der Waals surface area contributed by atoms with Crippen molar-refractivity contribution in [2.24, 2.45) is 5.41 Å². The molecule has 0 aromatic carbocycles. The predicted molar refractivity (Wildman–Crippen MR) is 119 cm³/mol. The van der Waals surface area contributed by atoms with Gasteiger partial charge in [0.05, 0.1) is 35.8 Å². The van der Waals surface area contributed by atoms with Gasteiger partial charge in [-0.3, -0.25) is 9.67 Å². The van der Waals surface area contributed by atoms with E-state index in [0.29, 0.717) is 31.5 Å². The highest BCUT2D eigenvalue weighted by Gasteiger charge is 2.55. The van der Waals surface area contributed by atoms with Gasteiger partial charge in [0.1, 0.15) is 5.83 Å². The Morgan fingerprint density at radius 1 is 1.39 bits per heavy atom. The average Bonchev–Trinajstić information content (AvgIpc) is 3.25. The van der Waals surface area contributed by atoms with Crippen LogP contribution in [-0.2, 0) is 13.0 Å². The van der Waals surface area contributed by atoms with E-state index in [1.165, 1.54) is 11.6 Å². The number of hydrogen-bond donors (Lipinski definition) is 2. The zero-order chi connectivity index (χ0) is 22.1. The summed E-state index contributed by atoms with van der Waals surface area (Å²) in [4.78, 5) is 4.24. The molecule has 31 heavy (non-hydrogen) atoms. The molecule has 5 nitrogen and oxygen atoms in total. The van der Waals surface area contributed by atoms with Crippen molar-refractivity contribution in [3.63, 3.8) is 0 Å². The molecule has 0 spiro atoms. The lowest BCUT2D eigenvalue weighted by atomic mass is 9.65. The quantitative estimate of drug-likeness (QED) is 0.634. The minimum absolute atomic E-state index is 0.234. The molecule has 4 rings (SSSR count). The highest BCUT2D eigenvalue weighted by Crippen LogP contribution is 2.57. The van der Waals surface area contributed by atoms with E-state index in [1.807, 2.05) is 29.9 Å². The Morgan fingerprint density at radius 3 is 2.97 bits per heavy atom. The van der Waals surface area contributed by atoms with Gasteiger partial charge in [0.25, 0.3) is 0 Å². The standard InChI is InChI=1S/C25H30FN3O2/c1-3-7-20(26)8-6-13-29-22-14-19-10-11-25(31,24(19,2)15-18(22)17-28-29)16-23(30)21-9-4-5-12-27-21/h4-9,12,14,17,23,30-31H,3,10-11,13,15-16H2,1-2H3. The molecule has 0 aliphatic heterocycles. The predicted octanol–water partition coefficient (Wildman–Crippen LogP) is 4.69. The van der Waals surface area contributed by atoms with Crippen molar-refractivity contribution < 1.29 is 14.6 Å². The summed E-state index contributed by atoms with van der Waals surface area (Å²) >= 11 is 0. The van der Waals surface area contributed by atoms with Crippen LogP contribution >= 0.6 is 0 Å². The van der Waals surface area contributed by atoms with Gasteiger partial charge in [-0.1, -0.05) is 31.6 Å². The summed E-state index contributed by atoms with van der Waals surface area (Å²) < 4.78 is 15.5. The summed E-state index contributed by atoms with van der Waals surface area (Å²) in [5.41, 5.74) is 2.36. The van der Waals surface area contributed by atoms with Crippen LogP contribution in [0.1, 0.15) is 62.6 Å². The Labute approximate surface area is 182 Å². The van der Waals surface area contributed by atoms with Gasteiger partial charge in [-0.15, -0.1) is 0 Å². The second kappa shape index (κ2) is 8.52. The van der Waals surface area contributed by atoms with Gasteiger partial charge in [-0.05, 0) is 61.6 Å². The van der Waals surface area contributed by atoms with Crippen LogP contribution in [0.5, 0.6) is 0 Å². The van der Waals surface area contributed by atoms with Crippen LogP contribution in [-0.4, -0.2) is 30.6 Å². The molecule has 2 aliphatic rings. The normalized spacial score (nSPS) is 26.6. The van der Waals surface area contributed by atoms with Gasteiger partial charge in [-0.2, -0.15) is 5.10 Å². The molecule has 164 valence electrons. The zero-order valence-corrected chi connectivity index (χ0v) is 18.1. The number of nitrogens with zero attached hydrogens (tertiary/aromatic N) is 3. The molecule has 2 aromatic rings. The van der Waals surface area contributed by atoms with E-state index in [2.05, 4.69) is 23.1 Å². The fourth-order valence-electron chi connectivity index (χ4n) is 4.98. The number of aliphatic hydroxyl groups is 2. The van der Waals surface area contributed by atoms with Gasteiger partial charge in [-0.25, -0.2) is 4.39 Å². The maximum atomic E-state index is 13.6. The van der Waals surface area contributed by atoms with E-state index >= 15 is 0 Å². The monoisotopic (exact) mass is 423 g/mol. The number of hydrogen-bond acceptors (Lipinski definition) is 4. The van der Waals surface area contributed by atoms with E-state index in [9.17, 15) is 14.6 Å². The highest BCUT2D eigenvalue weighted by atomic mass is 19.1. The van der Waals surface area contributed by atoms with E-state index in [1.54, 1.807) is 24.4 Å². The molecule has 2 aliphatic carbocycles. The lowest BCUT2D eigenvalue weighted by Gasteiger charge is -2.43. The summed E-state index contributed by atoms with van der Waals surface area (Å²) in [6.07, 6.45) is 12.5. The molecule has 2 N–H and O–H groups in total. The number of pyridine rings is 1. The summed E-state index contributed by atoms with van der Waals surface area (Å²) in [5.74, 6) is -0.234. The molecule has 0 radical (unpaired) electrons. The first-order valence-corrected chi connectivity index (χ1v) is 11.0. The molecule has 2 heterocycles. The number of aliphatic hydroxyl groups excluding tert-OH is 1. The van der Waals surface area contributed by atoms with Crippen molar-refractivity contribution in [3.05, 3.63) is 77.2 Å². The van der Waals surface area contributed by atoms with E-state index in [0.717, 1.165) is 17.7 Å². The largest absolute Gasteiger partial charge is 0.389 e.